The predicted octanol–water partition coefficient (Wildman–Crippen LogP) is 4.76. The molecule has 0 fully saturated rings. The Balaban J connectivity index is 2.42. The van der Waals surface area contributed by atoms with Gasteiger partial charge in [-0.3, -0.25) is 0 Å². The first-order valence-electron chi connectivity index (χ1n) is 6.74. The van der Waals surface area contributed by atoms with Crippen LogP contribution in [0.5, 0.6) is 0 Å². The molecule has 0 atom stereocenters. The number of nitrogens with zero attached hydrogens (tertiary/aromatic N) is 1. The minimum absolute atomic E-state index is 0.112. The number of benzene rings is 1. The van der Waals surface area contributed by atoms with E-state index < -0.39 is 5.97 Å². The molecule has 0 spiro atoms. The van der Waals surface area contributed by atoms with Crippen LogP contribution in [0.4, 0.5) is 0 Å². The van der Waals surface area contributed by atoms with Gasteiger partial charge in [-0.25, -0.2) is 9.78 Å². The number of aromatic carboxylic acids is 1. The van der Waals surface area contributed by atoms with Gasteiger partial charge in [0, 0.05) is 5.56 Å². The molecule has 1 N–H and O–H groups in total. The van der Waals surface area contributed by atoms with Crippen LogP contribution in [0.1, 0.15) is 60.5 Å². The van der Waals surface area contributed by atoms with Crippen LogP contribution in [0, 0.1) is 0 Å². The molecule has 0 saturated heterocycles. The fourth-order valence-corrected chi connectivity index (χ4v) is 3.08. The molecule has 1 heterocycles. The summed E-state index contributed by atoms with van der Waals surface area (Å²) in [6, 6.07) is 8.20. The zero-order valence-electron chi connectivity index (χ0n) is 12.2. The molecule has 2 rings (SSSR count). The first-order chi connectivity index (χ1) is 9.40. The molecule has 0 aliphatic rings. The van der Waals surface area contributed by atoms with Gasteiger partial charge >= 0.3 is 5.97 Å². The van der Waals surface area contributed by atoms with Crippen molar-refractivity contribution in [1.82, 2.24) is 4.98 Å². The highest BCUT2D eigenvalue weighted by molar-refractivity contribution is 7.17. The molecule has 106 valence electrons. The lowest BCUT2D eigenvalue weighted by atomic mass is 10.0. The summed E-state index contributed by atoms with van der Waals surface area (Å²) >= 11 is 1.25. The van der Waals surface area contributed by atoms with E-state index >= 15 is 0 Å². The summed E-state index contributed by atoms with van der Waals surface area (Å²) in [5.74, 6) is -0.293. The standard InChI is InChI=1S/C16H19NO2S/c1-9(2)11-5-7-12(8-6-11)15-17-13(10(3)4)14(20-15)16(18)19/h5-10H,1-4H3,(H,18,19). The van der Waals surface area contributed by atoms with Gasteiger partial charge < -0.3 is 5.11 Å². The van der Waals surface area contributed by atoms with E-state index in [-0.39, 0.29) is 5.92 Å². The summed E-state index contributed by atoms with van der Waals surface area (Å²) in [6.07, 6.45) is 0. The minimum atomic E-state index is -0.892. The highest BCUT2D eigenvalue weighted by atomic mass is 32.1. The van der Waals surface area contributed by atoms with Crippen LogP contribution in [-0.4, -0.2) is 16.1 Å². The summed E-state index contributed by atoms with van der Waals surface area (Å²) in [5, 5.41) is 10.0. The first kappa shape index (κ1) is 14.7. The van der Waals surface area contributed by atoms with Crippen LogP contribution in [0.15, 0.2) is 24.3 Å². The number of carboxylic acids is 1. The third kappa shape index (κ3) is 2.90. The van der Waals surface area contributed by atoms with Gasteiger partial charge in [0.15, 0.2) is 0 Å². The third-order valence-corrected chi connectivity index (χ3v) is 4.33. The average Bonchev–Trinajstić information content (AvgIpc) is 2.84. The molecule has 1 aromatic heterocycles. The third-order valence-electron chi connectivity index (χ3n) is 3.22. The molecule has 3 nitrogen and oxygen atoms in total. The molecule has 0 aliphatic heterocycles. The van der Waals surface area contributed by atoms with Gasteiger partial charge in [-0.05, 0) is 17.4 Å². The van der Waals surface area contributed by atoms with Gasteiger partial charge in [-0.15, -0.1) is 11.3 Å². The van der Waals surface area contributed by atoms with Gasteiger partial charge in [-0.2, -0.15) is 0 Å². The Morgan fingerprint density at radius 1 is 1.10 bits per heavy atom. The fourth-order valence-electron chi connectivity index (χ4n) is 2.01. The van der Waals surface area contributed by atoms with E-state index in [1.165, 1.54) is 16.9 Å². The zero-order chi connectivity index (χ0) is 14.9. The summed E-state index contributed by atoms with van der Waals surface area (Å²) in [6.45, 7) is 8.23. The maximum Gasteiger partial charge on any atom is 0.347 e. The van der Waals surface area contributed by atoms with E-state index in [1.807, 2.05) is 26.0 Å². The van der Waals surface area contributed by atoms with Gasteiger partial charge in [0.05, 0.1) is 5.69 Å². The van der Waals surface area contributed by atoms with Gasteiger partial charge in [0.25, 0.3) is 0 Å². The van der Waals surface area contributed by atoms with Crippen molar-refractivity contribution in [2.24, 2.45) is 0 Å². The molecule has 4 heteroatoms. The molecule has 0 aliphatic carbocycles. The number of hydrogen-bond acceptors (Lipinski definition) is 3. The van der Waals surface area contributed by atoms with Crippen molar-refractivity contribution >= 4 is 17.3 Å². The quantitative estimate of drug-likeness (QED) is 0.883. The summed E-state index contributed by atoms with van der Waals surface area (Å²) in [7, 11) is 0. The zero-order valence-corrected chi connectivity index (χ0v) is 13.0. The SMILES string of the molecule is CC(C)c1ccc(-c2nc(C(C)C)c(C(=O)O)s2)cc1. The van der Waals surface area contributed by atoms with Crippen molar-refractivity contribution in [2.75, 3.05) is 0 Å². The number of carboxylic acid groups (broad SMARTS) is 1. The molecular weight excluding hydrogens is 270 g/mol. The average molecular weight is 289 g/mol. The molecular formula is C16H19NO2S. The summed E-state index contributed by atoms with van der Waals surface area (Å²) < 4.78 is 0. The van der Waals surface area contributed by atoms with Crippen LogP contribution in [0.25, 0.3) is 10.6 Å². The van der Waals surface area contributed by atoms with E-state index in [9.17, 15) is 9.90 Å². The van der Waals surface area contributed by atoms with E-state index in [0.29, 0.717) is 16.5 Å². The second-order valence-corrected chi connectivity index (χ2v) is 6.47. The normalized spacial score (nSPS) is 11.3. The van der Waals surface area contributed by atoms with Crippen LogP contribution in [0.2, 0.25) is 0 Å². The van der Waals surface area contributed by atoms with Crippen LogP contribution >= 0.6 is 11.3 Å². The van der Waals surface area contributed by atoms with E-state index in [0.717, 1.165) is 10.6 Å². The lowest BCUT2D eigenvalue weighted by Crippen LogP contribution is -2.00. The molecule has 1 aromatic carbocycles. The Kier molecular flexibility index (Phi) is 4.23. The number of carbonyl (C=O) groups is 1. The Morgan fingerprint density at radius 2 is 1.70 bits per heavy atom. The number of rotatable bonds is 4. The largest absolute Gasteiger partial charge is 0.477 e. The first-order valence-corrected chi connectivity index (χ1v) is 7.56. The molecule has 0 amide bonds. The Bertz CT molecular complexity index is 612. The van der Waals surface area contributed by atoms with Crippen molar-refractivity contribution in [2.45, 2.75) is 39.5 Å². The highest BCUT2D eigenvalue weighted by Gasteiger charge is 2.20. The maximum atomic E-state index is 11.3. The van der Waals surface area contributed by atoms with Crippen molar-refractivity contribution in [3.05, 3.63) is 40.4 Å². The number of hydrogen-bond donors (Lipinski definition) is 1. The number of aromatic nitrogens is 1. The Morgan fingerprint density at radius 3 is 2.10 bits per heavy atom. The summed E-state index contributed by atoms with van der Waals surface area (Å²) in [4.78, 5) is 16.1. The van der Waals surface area contributed by atoms with Crippen molar-refractivity contribution in [3.8, 4) is 10.6 Å². The highest BCUT2D eigenvalue weighted by Crippen LogP contribution is 2.32. The van der Waals surface area contributed by atoms with E-state index in [4.69, 9.17) is 0 Å². The smallest absolute Gasteiger partial charge is 0.347 e. The molecule has 0 saturated carbocycles. The topological polar surface area (TPSA) is 50.2 Å². The second-order valence-electron chi connectivity index (χ2n) is 5.47. The Hall–Kier alpha value is -1.68. The molecule has 0 radical (unpaired) electrons. The molecule has 20 heavy (non-hydrogen) atoms. The van der Waals surface area contributed by atoms with Crippen LogP contribution in [0.3, 0.4) is 0 Å². The molecule has 0 bridgehead atoms. The van der Waals surface area contributed by atoms with Gasteiger partial charge in [-0.1, -0.05) is 52.0 Å². The van der Waals surface area contributed by atoms with Crippen molar-refractivity contribution in [3.63, 3.8) is 0 Å². The van der Waals surface area contributed by atoms with Gasteiger partial charge in [0.1, 0.15) is 9.88 Å². The maximum absolute atomic E-state index is 11.3. The van der Waals surface area contributed by atoms with Crippen LogP contribution in [-0.2, 0) is 0 Å². The molecule has 0 unspecified atom stereocenters. The fraction of sp³-hybridized carbons (Fsp3) is 0.375. The molecule has 2 aromatic rings. The monoisotopic (exact) mass is 289 g/mol. The lowest BCUT2D eigenvalue weighted by Gasteiger charge is -2.05. The second kappa shape index (κ2) is 5.75. The predicted molar refractivity (Wildman–Crippen MR) is 82.7 cm³/mol. The van der Waals surface area contributed by atoms with E-state index in [2.05, 4.69) is 31.0 Å². The number of thiazole rings is 1. The minimum Gasteiger partial charge on any atom is -0.477 e. The van der Waals surface area contributed by atoms with Crippen LogP contribution < -0.4 is 0 Å². The summed E-state index contributed by atoms with van der Waals surface area (Å²) in [5.41, 5.74) is 2.92. The lowest BCUT2D eigenvalue weighted by molar-refractivity contribution is 0.0700. The Labute approximate surface area is 123 Å². The van der Waals surface area contributed by atoms with E-state index in [1.54, 1.807) is 0 Å². The van der Waals surface area contributed by atoms with Crippen molar-refractivity contribution in [1.29, 1.82) is 0 Å². The van der Waals surface area contributed by atoms with Gasteiger partial charge in [0.2, 0.25) is 0 Å². The van der Waals surface area contributed by atoms with Crippen molar-refractivity contribution < 1.29 is 9.90 Å².